The maximum atomic E-state index is 13.6. The Balaban J connectivity index is 1.82. The van der Waals surface area contributed by atoms with Gasteiger partial charge in [0.05, 0.1) is 42.8 Å². The van der Waals surface area contributed by atoms with Crippen molar-refractivity contribution in [3.8, 4) is 11.5 Å². The van der Waals surface area contributed by atoms with Crippen molar-refractivity contribution in [3.05, 3.63) is 71.2 Å². The zero-order valence-corrected chi connectivity index (χ0v) is 18.1. The lowest BCUT2D eigenvalue weighted by Gasteiger charge is -2.20. The number of carbonyl (C=O) groups is 1. The summed E-state index contributed by atoms with van der Waals surface area (Å²) >= 11 is 1.48. The van der Waals surface area contributed by atoms with E-state index >= 15 is 0 Å². The van der Waals surface area contributed by atoms with Crippen molar-refractivity contribution >= 4 is 32.6 Å². The van der Waals surface area contributed by atoms with Gasteiger partial charge in [-0.05, 0) is 61.4 Å². The Morgan fingerprint density at radius 3 is 2.60 bits per heavy atom. The molecule has 0 aliphatic carbocycles. The van der Waals surface area contributed by atoms with Crippen molar-refractivity contribution in [2.45, 2.75) is 20.4 Å². The highest BCUT2D eigenvalue weighted by Crippen LogP contribution is 2.36. The highest BCUT2D eigenvalue weighted by Gasteiger charge is 2.26. The van der Waals surface area contributed by atoms with Gasteiger partial charge in [-0.1, -0.05) is 17.4 Å². The Hall–Kier alpha value is -3.32. The molecule has 1 amide bonds. The molecule has 0 atom stereocenters. The number of rotatable bonds is 6. The molecule has 30 heavy (non-hydrogen) atoms. The van der Waals surface area contributed by atoms with Crippen LogP contribution in [0.4, 0.5) is 5.13 Å². The Morgan fingerprint density at radius 1 is 1.10 bits per heavy atom. The van der Waals surface area contributed by atoms with Gasteiger partial charge in [0.2, 0.25) is 0 Å². The molecule has 2 aromatic carbocycles. The van der Waals surface area contributed by atoms with E-state index in [-0.39, 0.29) is 12.5 Å². The molecule has 4 rings (SSSR count). The van der Waals surface area contributed by atoms with E-state index in [9.17, 15) is 4.79 Å². The summed E-state index contributed by atoms with van der Waals surface area (Å²) in [6.45, 7) is 4.38. The molecule has 0 aliphatic rings. The quantitative estimate of drug-likeness (QED) is 0.418. The molecule has 0 bridgehead atoms. The first-order chi connectivity index (χ1) is 14.5. The zero-order valence-electron chi connectivity index (χ0n) is 17.3. The molecule has 7 heteroatoms. The van der Waals surface area contributed by atoms with E-state index < -0.39 is 0 Å². The molecule has 0 spiro atoms. The van der Waals surface area contributed by atoms with E-state index in [1.54, 1.807) is 42.5 Å². The second-order valence-electron chi connectivity index (χ2n) is 6.91. The minimum atomic E-state index is -0.241. The van der Waals surface area contributed by atoms with Crippen LogP contribution >= 0.6 is 11.3 Å². The van der Waals surface area contributed by atoms with E-state index in [4.69, 9.17) is 18.9 Å². The number of anilines is 1. The summed E-state index contributed by atoms with van der Waals surface area (Å²) in [6.07, 6.45) is 1.59. The van der Waals surface area contributed by atoms with E-state index in [0.29, 0.717) is 28.0 Å². The summed E-state index contributed by atoms with van der Waals surface area (Å²) < 4.78 is 17.4. The zero-order chi connectivity index (χ0) is 21.3. The van der Waals surface area contributed by atoms with Crippen molar-refractivity contribution in [1.82, 2.24) is 4.98 Å². The number of benzene rings is 2. The number of hydrogen-bond donors (Lipinski definition) is 0. The molecule has 2 heterocycles. The summed E-state index contributed by atoms with van der Waals surface area (Å²) in [5.41, 5.74) is 3.62. The van der Waals surface area contributed by atoms with Crippen molar-refractivity contribution in [1.29, 1.82) is 0 Å². The monoisotopic (exact) mass is 422 g/mol. The van der Waals surface area contributed by atoms with Crippen LogP contribution in [0.15, 0.2) is 53.1 Å². The number of furan rings is 1. The fourth-order valence-corrected chi connectivity index (χ4v) is 4.31. The van der Waals surface area contributed by atoms with Crippen LogP contribution in [0.5, 0.6) is 11.5 Å². The number of amides is 1. The van der Waals surface area contributed by atoms with E-state index in [0.717, 1.165) is 15.8 Å². The molecule has 0 N–H and O–H groups in total. The fraction of sp³-hybridized carbons (Fsp3) is 0.217. The average molecular weight is 423 g/mol. The van der Waals surface area contributed by atoms with Crippen LogP contribution in [-0.2, 0) is 6.54 Å². The number of aromatic nitrogens is 1. The first-order valence-electron chi connectivity index (χ1n) is 9.45. The molecule has 0 radical (unpaired) electrons. The number of thiazole rings is 1. The largest absolute Gasteiger partial charge is 0.493 e. The molecule has 0 aliphatic heterocycles. The third kappa shape index (κ3) is 3.64. The highest BCUT2D eigenvalue weighted by molar-refractivity contribution is 7.22. The molecule has 0 unspecified atom stereocenters. The van der Waals surface area contributed by atoms with Gasteiger partial charge in [-0.2, -0.15) is 0 Å². The SMILES string of the molecule is COc1cccc(C(=O)N(Cc2ccco2)c2nc3cc(C)c(C)cc3s2)c1OC. The van der Waals surface area contributed by atoms with Crippen molar-refractivity contribution in [2.24, 2.45) is 0 Å². The molecular formula is C23H22N2O4S. The van der Waals surface area contributed by atoms with E-state index in [1.807, 2.05) is 12.1 Å². The third-order valence-corrected chi connectivity index (χ3v) is 6.04. The number of aryl methyl sites for hydroxylation is 2. The van der Waals surface area contributed by atoms with Gasteiger partial charge in [0.15, 0.2) is 16.6 Å². The first kappa shape index (κ1) is 20.0. The van der Waals surface area contributed by atoms with Crippen molar-refractivity contribution in [2.75, 3.05) is 19.1 Å². The number of para-hydroxylation sites is 1. The molecule has 6 nitrogen and oxygen atoms in total. The molecule has 154 valence electrons. The van der Waals surface area contributed by atoms with Crippen LogP contribution in [0.3, 0.4) is 0 Å². The van der Waals surface area contributed by atoms with E-state index in [2.05, 4.69) is 19.9 Å². The van der Waals surface area contributed by atoms with Crippen LogP contribution in [0.25, 0.3) is 10.2 Å². The van der Waals surface area contributed by atoms with Gasteiger partial charge < -0.3 is 13.9 Å². The van der Waals surface area contributed by atoms with Crippen LogP contribution in [0, 0.1) is 13.8 Å². The Labute approximate surface area is 178 Å². The summed E-state index contributed by atoms with van der Waals surface area (Å²) in [6, 6.07) is 13.0. The lowest BCUT2D eigenvalue weighted by atomic mass is 10.1. The highest BCUT2D eigenvalue weighted by atomic mass is 32.1. The van der Waals surface area contributed by atoms with Gasteiger partial charge in [0.25, 0.3) is 5.91 Å². The van der Waals surface area contributed by atoms with Crippen molar-refractivity contribution in [3.63, 3.8) is 0 Å². The molecule has 2 aromatic heterocycles. The number of carbonyl (C=O) groups excluding carboxylic acids is 1. The number of ether oxygens (including phenoxy) is 2. The Kier molecular flexibility index (Phi) is 5.46. The van der Waals surface area contributed by atoms with Gasteiger partial charge in [-0.15, -0.1) is 0 Å². The number of hydrogen-bond acceptors (Lipinski definition) is 6. The minimum Gasteiger partial charge on any atom is -0.493 e. The second-order valence-corrected chi connectivity index (χ2v) is 7.92. The van der Waals surface area contributed by atoms with Crippen LogP contribution in [-0.4, -0.2) is 25.1 Å². The predicted molar refractivity (Wildman–Crippen MR) is 118 cm³/mol. The minimum absolute atomic E-state index is 0.241. The summed E-state index contributed by atoms with van der Waals surface area (Å²) in [7, 11) is 3.07. The van der Waals surface area contributed by atoms with Gasteiger partial charge in [-0.3, -0.25) is 9.69 Å². The van der Waals surface area contributed by atoms with Gasteiger partial charge in [0.1, 0.15) is 5.76 Å². The maximum Gasteiger partial charge on any atom is 0.264 e. The van der Waals surface area contributed by atoms with Gasteiger partial charge in [0, 0.05) is 0 Å². The first-order valence-corrected chi connectivity index (χ1v) is 10.3. The van der Waals surface area contributed by atoms with Crippen molar-refractivity contribution < 1.29 is 18.7 Å². The summed E-state index contributed by atoms with van der Waals surface area (Å²) in [5.74, 6) is 1.31. The Morgan fingerprint density at radius 2 is 1.90 bits per heavy atom. The lowest BCUT2D eigenvalue weighted by Crippen LogP contribution is -2.30. The molecule has 0 saturated carbocycles. The standard InChI is InChI=1S/C23H22N2O4S/c1-14-11-18-20(12-15(14)2)30-23(24-18)25(13-16-7-6-10-29-16)22(26)17-8-5-9-19(27-3)21(17)28-4/h5-12H,13H2,1-4H3. The molecule has 0 saturated heterocycles. The number of methoxy groups -OCH3 is 2. The van der Waals surface area contributed by atoms with Gasteiger partial charge in [-0.25, -0.2) is 4.98 Å². The molecule has 0 fully saturated rings. The predicted octanol–water partition coefficient (Wildman–Crippen LogP) is 5.37. The number of fused-ring (bicyclic) bond motifs is 1. The molecular weight excluding hydrogens is 400 g/mol. The third-order valence-electron chi connectivity index (χ3n) is 5.00. The van der Waals surface area contributed by atoms with Crippen LogP contribution in [0.1, 0.15) is 27.2 Å². The topological polar surface area (TPSA) is 64.8 Å². The fourth-order valence-electron chi connectivity index (χ4n) is 3.27. The maximum absolute atomic E-state index is 13.6. The van der Waals surface area contributed by atoms with Gasteiger partial charge >= 0.3 is 0 Å². The smallest absolute Gasteiger partial charge is 0.264 e. The number of nitrogens with zero attached hydrogens (tertiary/aromatic N) is 2. The normalized spacial score (nSPS) is 10.9. The second kappa shape index (κ2) is 8.20. The van der Waals surface area contributed by atoms with Crippen LogP contribution in [0.2, 0.25) is 0 Å². The average Bonchev–Trinajstić information content (AvgIpc) is 3.40. The lowest BCUT2D eigenvalue weighted by molar-refractivity contribution is 0.0979. The summed E-state index contributed by atoms with van der Waals surface area (Å²) in [4.78, 5) is 20.0. The van der Waals surface area contributed by atoms with Crippen LogP contribution < -0.4 is 14.4 Å². The van der Waals surface area contributed by atoms with E-state index in [1.165, 1.54) is 24.0 Å². The molecule has 4 aromatic rings. The Bertz CT molecular complexity index is 1160. The summed E-state index contributed by atoms with van der Waals surface area (Å²) in [5, 5.41) is 0.598.